The third-order valence-corrected chi connectivity index (χ3v) is 5.42. The van der Waals surface area contributed by atoms with Crippen molar-refractivity contribution in [1.29, 1.82) is 0 Å². The number of nitrogens with two attached hydrogens (primary N) is 1. The Labute approximate surface area is 159 Å². The lowest BCUT2D eigenvalue weighted by atomic mass is 10.1. The topological polar surface area (TPSA) is 105 Å². The summed E-state index contributed by atoms with van der Waals surface area (Å²) in [6, 6.07) is 2.01. The second-order valence-electron chi connectivity index (χ2n) is 6.33. The first-order valence-corrected chi connectivity index (χ1v) is 9.03. The van der Waals surface area contributed by atoms with Gasteiger partial charge in [-0.2, -0.15) is 10.2 Å². The maximum Gasteiger partial charge on any atom is 0.264 e. The van der Waals surface area contributed by atoms with Gasteiger partial charge >= 0.3 is 0 Å². The van der Waals surface area contributed by atoms with Crippen LogP contribution in [0.25, 0.3) is 27.9 Å². The minimum Gasteiger partial charge on any atom is -0.335 e. The summed E-state index contributed by atoms with van der Waals surface area (Å²) < 4.78 is 1.74. The molecule has 138 valence electrons. The fourth-order valence-corrected chi connectivity index (χ4v) is 3.93. The van der Waals surface area contributed by atoms with E-state index in [9.17, 15) is 4.79 Å². The molecule has 0 atom stereocenters. The minimum absolute atomic E-state index is 0. The second-order valence-corrected chi connectivity index (χ2v) is 7.24. The van der Waals surface area contributed by atoms with Crippen molar-refractivity contribution in [3.63, 3.8) is 0 Å². The van der Waals surface area contributed by atoms with Gasteiger partial charge in [-0.1, -0.05) is 7.43 Å². The molecule has 0 radical (unpaired) electrons. The number of carbonyl (C=O) groups is 1. The van der Waals surface area contributed by atoms with Crippen LogP contribution >= 0.6 is 11.3 Å². The number of carbonyl (C=O) groups excluding carboxylic acids is 1. The van der Waals surface area contributed by atoms with Crippen molar-refractivity contribution in [2.75, 3.05) is 13.1 Å². The molecule has 0 aromatic carbocycles. The highest BCUT2D eigenvalue weighted by molar-refractivity contribution is 7.12. The van der Waals surface area contributed by atoms with E-state index >= 15 is 0 Å². The summed E-state index contributed by atoms with van der Waals surface area (Å²) in [5, 5.41) is 13.1. The molecule has 0 unspecified atom stereocenters. The Bertz CT molecular complexity index is 1090. The van der Waals surface area contributed by atoms with Crippen LogP contribution in [-0.2, 0) is 0 Å². The zero-order valence-electron chi connectivity index (χ0n) is 13.7. The minimum atomic E-state index is 0. The van der Waals surface area contributed by atoms with E-state index in [-0.39, 0.29) is 19.4 Å². The summed E-state index contributed by atoms with van der Waals surface area (Å²) in [5.41, 5.74) is 10.2. The largest absolute Gasteiger partial charge is 0.335 e. The van der Waals surface area contributed by atoms with E-state index in [0.29, 0.717) is 18.0 Å². The van der Waals surface area contributed by atoms with Crippen LogP contribution < -0.4 is 5.73 Å². The van der Waals surface area contributed by atoms with Crippen LogP contribution in [0.15, 0.2) is 42.4 Å². The number of likely N-dealkylation sites (tertiary alicyclic amines) is 1. The van der Waals surface area contributed by atoms with Crippen molar-refractivity contribution >= 4 is 22.9 Å². The van der Waals surface area contributed by atoms with Gasteiger partial charge in [-0.3, -0.25) is 9.89 Å². The Balaban J connectivity index is 0.00000180. The maximum atomic E-state index is 12.4. The normalized spacial score (nSPS) is 14.2. The molecular formula is C18H19N7OS. The Kier molecular flexibility index (Phi) is 4.25. The number of aromatic amines is 1. The highest BCUT2D eigenvalue weighted by Crippen LogP contribution is 2.30. The molecule has 4 aromatic rings. The molecule has 4 aromatic heterocycles. The van der Waals surface area contributed by atoms with Crippen LogP contribution in [0.5, 0.6) is 0 Å². The van der Waals surface area contributed by atoms with Gasteiger partial charge in [0.25, 0.3) is 5.91 Å². The van der Waals surface area contributed by atoms with Crippen molar-refractivity contribution in [1.82, 2.24) is 29.7 Å². The molecule has 5 heterocycles. The molecule has 5 rings (SSSR count). The third kappa shape index (κ3) is 2.90. The van der Waals surface area contributed by atoms with Gasteiger partial charge < -0.3 is 10.6 Å². The van der Waals surface area contributed by atoms with Crippen molar-refractivity contribution < 1.29 is 4.79 Å². The van der Waals surface area contributed by atoms with Crippen LogP contribution in [0.3, 0.4) is 0 Å². The predicted octanol–water partition coefficient (Wildman–Crippen LogP) is 2.27. The summed E-state index contributed by atoms with van der Waals surface area (Å²) in [6.45, 7) is 1.25. The lowest BCUT2D eigenvalue weighted by Gasteiger charge is -2.36. The number of H-pyrrole nitrogens is 1. The van der Waals surface area contributed by atoms with Crippen LogP contribution in [0, 0.1) is 0 Å². The summed E-state index contributed by atoms with van der Waals surface area (Å²) in [6.07, 6.45) is 9.04. The number of thiophene rings is 1. The molecule has 1 fully saturated rings. The molecule has 1 saturated heterocycles. The van der Waals surface area contributed by atoms with Crippen molar-refractivity contribution in [3.05, 3.63) is 47.3 Å². The third-order valence-electron chi connectivity index (χ3n) is 4.51. The van der Waals surface area contributed by atoms with Gasteiger partial charge in [-0.05, 0) is 17.0 Å². The van der Waals surface area contributed by atoms with E-state index in [1.54, 1.807) is 28.0 Å². The Morgan fingerprint density at radius 1 is 1.22 bits per heavy atom. The van der Waals surface area contributed by atoms with Crippen molar-refractivity contribution in [2.24, 2.45) is 5.73 Å². The Hall–Kier alpha value is -3.04. The average molecular weight is 381 g/mol. The van der Waals surface area contributed by atoms with Crippen molar-refractivity contribution in [2.45, 2.75) is 13.5 Å². The first-order valence-electron chi connectivity index (χ1n) is 8.15. The molecule has 1 aliphatic rings. The van der Waals surface area contributed by atoms with E-state index in [1.165, 1.54) is 11.3 Å². The van der Waals surface area contributed by atoms with E-state index in [2.05, 4.69) is 20.3 Å². The number of rotatable bonds is 3. The number of nitrogens with one attached hydrogen (secondary N) is 1. The number of fused-ring (bicyclic) bond motifs is 1. The molecule has 3 N–H and O–H groups in total. The van der Waals surface area contributed by atoms with E-state index in [1.807, 2.05) is 23.8 Å². The van der Waals surface area contributed by atoms with Crippen LogP contribution in [-0.4, -0.2) is 54.7 Å². The molecule has 0 saturated carbocycles. The van der Waals surface area contributed by atoms with Gasteiger partial charge in [0, 0.05) is 54.4 Å². The summed E-state index contributed by atoms with van der Waals surface area (Å²) >= 11 is 1.44. The number of aromatic nitrogens is 5. The number of nitrogens with zero attached hydrogens (tertiary/aromatic N) is 5. The van der Waals surface area contributed by atoms with Gasteiger partial charge in [-0.25, -0.2) is 9.50 Å². The molecule has 1 aliphatic heterocycles. The molecule has 27 heavy (non-hydrogen) atoms. The van der Waals surface area contributed by atoms with E-state index in [0.717, 1.165) is 27.9 Å². The molecule has 1 amide bonds. The fourth-order valence-electron chi connectivity index (χ4n) is 3.06. The van der Waals surface area contributed by atoms with Gasteiger partial charge in [0.2, 0.25) is 0 Å². The molecule has 0 bridgehead atoms. The molecule has 9 heteroatoms. The SMILES string of the molecule is C.NC1CN(C(=O)c2cc(-c3cnn4cc(-c5cn[nH]c5)cnc34)cs2)C1. The van der Waals surface area contributed by atoms with Gasteiger partial charge in [0.1, 0.15) is 0 Å². The van der Waals surface area contributed by atoms with Crippen LogP contribution in [0.4, 0.5) is 0 Å². The van der Waals surface area contributed by atoms with E-state index < -0.39 is 0 Å². The zero-order chi connectivity index (χ0) is 17.7. The van der Waals surface area contributed by atoms with Gasteiger partial charge in [-0.15, -0.1) is 11.3 Å². The average Bonchev–Trinajstić information content (AvgIpc) is 3.37. The number of amides is 1. The molecular weight excluding hydrogens is 362 g/mol. The van der Waals surface area contributed by atoms with Gasteiger partial charge in [0.15, 0.2) is 5.65 Å². The highest BCUT2D eigenvalue weighted by atomic mass is 32.1. The lowest BCUT2D eigenvalue weighted by Crippen LogP contribution is -2.57. The van der Waals surface area contributed by atoms with E-state index in [4.69, 9.17) is 5.73 Å². The standard InChI is InChI=1S/C17H15N7OS.CH4/c18-13-7-23(8-13)17(25)15-1-10(9-26-15)14-5-22-24-6-12(2-19-16(14)24)11-3-20-21-4-11;/h1-6,9,13H,7-8,18H2,(H,20,21);1H4. The first-order chi connectivity index (χ1) is 12.7. The lowest BCUT2D eigenvalue weighted by molar-refractivity contribution is 0.0613. The second kappa shape index (κ2) is 6.60. The zero-order valence-corrected chi connectivity index (χ0v) is 14.5. The predicted molar refractivity (Wildman–Crippen MR) is 104 cm³/mol. The summed E-state index contributed by atoms with van der Waals surface area (Å²) in [7, 11) is 0. The van der Waals surface area contributed by atoms with Crippen molar-refractivity contribution in [3.8, 4) is 22.3 Å². The Morgan fingerprint density at radius 2 is 2.07 bits per heavy atom. The molecule has 0 spiro atoms. The first kappa shape index (κ1) is 17.4. The van der Waals surface area contributed by atoms with Crippen LogP contribution in [0.1, 0.15) is 17.1 Å². The summed E-state index contributed by atoms with van der Waals surface area (Å²) in [4.78, 5) is 19.5. The number of hydrogen-bond acceptors (Lipinski definition) is 6. The monoisotopic (exact) mass is 381 g/mol. The smallest absolute Gasteiger partial charge is 0.264 e. The molecule has 8 nitrogen and oxygen atoms in total. The quantitative estimate of drug-likeness (QED) is 0.566. The highest BCUT2D eigenvalue weighted by Gasteiger charge is 2.29. The Morgan fingerprint density at radius 3 is 2.81 bits per heavy atom. The van der Waals surface area contributed by atoms with Gasteiger partial charge in [0.05, 0.1) is 17.3 Å². The maximum absolute atomic E-state index is 12.4. The summed E-state index contributed by atoms with van der Waals surface area (Å²) in [5.74, 6) is 0.0367. The number of hydrogen-bond donors (Lipinski definition) is 2. The fraction of sp³-hybridized carbons (Fsp3) is 0.222. The van der Waals surface area contributed by atoms with Crippen LogP contribution in [0.2, 0.25) is 0 Å². The molecule has 0 aliphatic carbocycles.